The van der Waals surface area contributed by atoms with Gasteiger partial charge in [0, 0.05) is 19.1 Å². The SMILES string of the molecule is O=C(NC[C@H]1CCN(C2CC2)C1)c1ccc(Br)o1. The summed E-state index contributed by atoms with van der Waals surface area (Å²) in [7, 11) is 0. The minimum Gasteiger partial charge on any atom is -0.444 e. The molecule has 2 fully saturated rings. The van der Waals surface area contributed by atoms with Crippen LogP contribution in [0.2, 0.25) is 0 Å². The van der Waals surface area contributed by atoms with Crippen LogP contribution < -0.4 is 5.32 Å². The Hall–Kier alpha value is -0.810. The molecule has 1 saturated heterocycles. The Labute approximate surface area is 115 Å². The van der Waals surface area contributed by atoms with E-state index in [1.807, 2.05) is 0 Å². The van der Waals surface area contributed by atoms with Gasteiger partial charge in [0.2, 0.25) is 0 Å². The standard InChI is InChI=1S/C13H17BrN2O2/c14-12-4-3-11(18-12)13(17)15-7-9-5-6-16(8-9)10-1-2-10/h3-4,9-10H,1-2,5-8H2,(H,15,17)/t9-/m1/s1. The molecule has 1 amide bonds. The lowest BCUT2D eigenvalue weighted by molar-refractivity contribution is 0.0918. The van der Waals surface area contributed by atoms with Gasteiger partial charge in [-0.3, -0.25) is 4.79 Å². The molecule has 0 spiro atoms. The molecular formula is C13H17BrN2O2. The largest absolute Gasteiger partial charge is 0.444 e. The minimum atomic E-state index is -0.120. The maximum absolute atomic E-state index is 11.8. The number of hydrogen-bond acceptors (Lipinski definition) is 3. The van der Waals surface area contributed by atoms with Crippen molar-refractivity contribution in [2.24, 2.45) is 5.92 Å². The average Bonchev–Trinajstić information content (AvgIpc) is 2.95. The van der Waals surface area contributed by atoms with Crippen LogP contribution in [0.3, 0.4) is 0 Å². The second kappa shape index (κ2) is 5.05. The number of hydrogen-bond donors (Lipinski definition) is 1. The van der Waals surface area contributed by atoms with Gasteiger partial charge in [0.05, 0.1) is 0 Å². The summed E-state index contributed by atoms with van der Waals surface area (Å²) in [6.45, 7) is 3.07. The topological polar surface area (TPSA) is 45.5 Å². The predicted molar refractivity (Wildman–Crippen MR) is 71.4 cm³/mol. The fraction of sp³-hybridized carbons (Fsp3) is 0.615. The maximum atomic E-state index is 11.8. The molecule has 1 N–H and O–H groups in total. The molecule has 3 rings (SSSR count). The summed E-state index contributed by atoms with van der Waals surface area (Å²) in [5, 5.41) is 2.95. The number of nitrogens with zero attached hydrogens (tertiary/aromatic N) is 1. The fourth-order valence-electron chi connectivity index (χ4n) is 2.56. The van der Waals surface area contributed by atoms with Crippen molar-refractivity contribution in [3.63, 3.8) is 0 Å². The molecular weight excluding hydrogens is 296 g/mol. The van der Waals surface area contributed by atoms with Crippen molar-refractivity contribution in [2.75, 3.05) is 19.6 Å². The zero-order valence-electron chi connectivity index (χ0n) is 10.2. The van der Waals surface area contributed by atoms with E-state index in [-0.39, 0.29) is 5.91 Å². The molecule has 18 heavy (non-hydrogen) atoms. The van der Waals surface area contributed by atoms with Gasteiger partial charge in [0.1, 0.15) is 0 Å². The molecule has 1 saturated carbocycles. The lowest BCUT2D eigenvalue weighted by Gasteiger charge is -2.14. The highest BCUT2D eigenvalue weighted by Crippen LogP contribution is 2.31. The van der Waals surface area contributed by atoms with Crippen molar-refractivity contribution in [1.29, 1.82) is 0 Å². The van der Waals surface area contributed by atoms with Crippen LogP contribution in [0, 0.1) is 5.92 Å². The van der Waals surface area contributed by atoms with E-state index in [1.165, 1.54) is 25.8 Å². The smallest absolute Gasteiger partial charge is 0.287 e. The summed E-state index contributed by atoms with van der Waals surface area (Å²) in [5.74, 6) is 0.845. The van der Waals surface area contributed by atoms with Crippen LogP contribution in [0.1, 0.15) is 29.8 Å². The van der Waals surface area contributed by atoms with Crippen molar-refractivity contribution in [3.05, 3.63) is 22.6 Å². The Kier molecular flexibility index (Phi) is 3.43. The van der Waals surface area contributed by atoms with Gasteiger partial charge in [-0.15, -0.1) is 0 Å². The third kappa shape index (κ3) is 2.78. The van der Waals surface area contributed by atoms with Crippen LogP contribution in [0.15, 0.2) is 21.2 Å². The van der Waals surface area contributed by atoms with Gasteiger partial charge in [-0.2, -0.15) is 0 Å². The summed E-state index contributed by atoms with van der Waals surface area (Å²) < 4.78 is 5.82. The highest BCUT2D eigenvalue weighted by Gasteiger charge is 2.34. The third-order valence-corrected chi connectivity index (χ3v) is 4.16. The molecule has 2 aliphatic rings. The number of likely N-dealkylation sites (tertiary alicyclic amines) is 1. The average molecular weight is 313 g/mol. The summed E-state index contributed by atoms with van der Waals surface area (Å²) in [6.07, 6.45) is 3.91. The first-order chi connectivity index (χ1) is 8.72. The Morgan fingerprint density at radius 1 is 1.44 bits per heavy atom. The number of halogens is 1. The molecule has 2 heterocycles. The normalized spacial score (nSPS) is 24.4. The molecule has 98 valence electrons. The highest BCUT2D eigenvalue weighted by molar-refractivity contribution is 9.10. The van der Waals surface area contributed by atoms with E-state index in [2.05, 4.69) is 26.1 Å². The first-order valence-electron chi connectivity index (χ1n) is 6.50. The van der Waals surface area contributed by atoms with E-state index in [0.717, 1.165) is 19.1 Å². The zero-order valence-corrected chi connectivity index (χ0v) is 11.8. The van der Waals surface area contributed by atoms with Gasteiger partial charge in [0.25, 0.3) is 5.91 Å². The van der Waals surface area contributed by atoms with Crippen molar-refractivity contribution in [3.8, 4) is 0 Å². The van der Waals surface area contributed by atoms with Crippen LogP contribution in [-0.4, -0.2) is 36.5 Å². The maximum Gasteiger partial charge on any atom is 0.287 e. The van der Waals surface area contributed by atoms with Crippen LogP contribution in [0.5, 0.6) is 0 Å². The summed E-state index contributed by atoms with van der Waals surface area (Å²) in [6, 6.07) is 4.26. The minimum absolute atomic E-state index is 0.120. The lowest BCUT2D eigenvalue weighted by Crippen LogP contribution is -2.31. The number of rotatable bonds is 4. The number of furan rings is 1. The Bertz CT molecular complexity index is 442. The molecule has 1 atom stereocenters. The molecule has 4 nitrogen and oxygen atoms in total. The van der Waals surface area contributed by atoms with Gasteiger partial charge in [-0.05, 0) is 59.8 Å². The molecule has 0 aromatic carbocycles. The Morgan fingerprint density at radius 3 is 2.94 bits per heavy atom. The van der Waals surface area contributed by atoms with Gasteiger partial charge in [-0.25, -0.2) is 0 Å². The first-order valence-corrected chi connectivity index (χ1v) is 7.29. The van der Waals surface area contributed by atoms with Crippen LogP contribution >= 0.6 is 15.9 Å². The van der Waals surface area contributed by atoms with E-state index in [9.17, 15) is 4.79 Å². The van der Waals surface area contributed by atoms with Crippen molar-refractivity contribution < 1.29 is 9.21 Å². The molecule has 1 aromatic heterocycles. The molecule has 5 heteroatoms. The second-order valence-corrected chi connectivity index (χ2v) is 5.98. The van der Waals surface area contributed by atoms with E-state index in [1.54, 1.807) is 12.1 Å². The van der Waals surface area contributed by atoms with Gasteiger partial charge in [-0.1, -0.05) is 0 Å². The molecule has 1 aliphatic carbocycles. The number of nitrogens with one attached hydrogen (secondary N) is 1. The van der Waals surface area contributed by atoms with Gasteiger partial charge >= 0.3 is 0 Å². The highest BCUT2D eigenvalue weighted by atomic mass is 79.9. The third-order valence-electron chi connectivity index (χ3n) is 3.73. The lowest BCUT2D eigenvalue weighted by atomic mass is 10.1. The number of carbonyl (C=O) groups excluding carboxylic acids is 1. The van der Waals surface area contributed by atoms with Gasteiger partial charge < -0.3 is 14.6 Å². The van der Waals surface area contributed by atoms with Crippen LogP contribution in [0.4, 0.5) is 0 Å². The Balaban J connectivity index is 1.45. The summed E-state index contributed by atoms with van der Waals surface area (Å²) >= 11 is 3.20. The molecule has 0 unspecified atom stereocenters. The van der Waals surface area contributed by atoms with Crippen LogP contribution in [-0.2, 0) is 0 Å². The first kappa shape index (κ1) is 12.2. The van der Waals surface area contributed by atoms with Crippen molar-refractivity contribution in [1.82, 2.24) is 10.2 Å². The van der Waals surface area contributed by atoms with Crippen molar-refractivity contribution >= 4 is 21.8 Å². The van der Waals surface area contributed by atoms with Crippen molar-refractivity contribution in [2.45, 2.75) is 25.3 Å². The monoisotopic (exact) mass is 312 g/mol. The van der Waals surface area contributed by atoms with E-state index >= 15 is 0 Å². The molecule has 1 aromatic rings. The molecule has 1 aliphatic heterocycles. The van der Waals surface area contributed by atoms with Gasteiger partial charge in [0.15, 0.2) is 10.4 Å². The molecule has 0 radical (unpaired) electrons. The number of carbonyl (C=O) groups is 1. The van der Waals surface area contributed by atoms with E-state index < -0.39 is 0 Å². The van der Waals surface area contributed by atoms with E-state index in [0.29, 0.717) is 16.3 Å². The van der Waals surface area contributed by atoms with E-state index in [4.69, 9.17) is 4.42 Å². The number of amides is 1. The zero-order chi connectivity index (χ0) is 12.5. The summed E-state index contributed by atoms with van der Waals surface area (Å²) in [4.78, 5) is 14.4. The Morgan fingerprint density at radius 2 is 2.28 bits per heavy atom. The predicted octanol–water partition coefficient (Wildman–Crippen LogP) is 2.26. The summed E-state index contributed by atoms with van der Waals surface area (Å²) in [5.41, 5.74) is 0. The quantitative estimate of drug-likeness (QED) is 0.927. The fourth-order valence-corrected chi connectivity index (χ4v) is 2.87. The molecule has 0 bridgehead atoms. The second-order valence-electron chi connectivity index (χ2n) is 5.19. The van der Waals surface area contributed by atoms with Crippen LogP contribution in [0.25, 0.3) is 0 Å².